The molecule has 4 rings (SSSR count). The molecule has 2 aromatic carbocycles. The molecule has 3 aromatic rings. The van der Waals surface area contributed by atoms with Gasteiger partial charge in [0, 0.05) is 38.3 Å². The third-order valence-corrected chi connectivity index (χ3v) is 5.58. The summed E-state index contributed by atoms with van der Waals surface area (Å²) in [5.74, 6) is 1.15. The summed E-state index contributed by atoms with van der Waals surface area (Å²) in [4.78, 5) is 21.4. The lowest BCUT2D eigenvalue weighted by Crippen LogP contribution is -2.48. The number of ether oxygens (including phenoxy) is 1. The van der Waals surface area contributed by atoms with Crippen LogP contribution < -0.4 is 4.74 Å². The predicted molar refractivity (Wildman–Crippen MR) is 115 cm³/mol. The van der Waals surface area contributed by atoms with E-state index >= 15 is 0 Å². The minimum atomic E-state index is -0.355. The highest BCUT2D eigenvalue weighted by molar-refractivity contribution is 5.78. The molecule has 0 atom stereocenters. The number of rotatable bonds is 6. The SMILES string of the molecule is COc1ccc(CN2CCN(C(=O)Cc3nc(-c4ccccc4)oc3C)CC2)cc1F. The number of carbonyl (C=O) groups is 1. The molecule has 7 heteroatoms. The van der Waals surface area contributed by atoms with Gasteiger partial charge in [0.05, 0.1) is 19.2 Å². The Balaban J connectivity index is 1.32. The van der Waals surface area contributed by atoms with Gasteiger partial charge >= 0.3 is 0 Å². The molecule has 1 aromatic heterocycles. The molecule has 1 fully saturated rings. The van der Waals surface area contributed by atoms with Crippen molar-refractivity contribution in [2.75, 3.05) is 33.3 Å². The summed E-state index contributed by atoms with van der Waals surface area (Å²) in [6, 6.07) is 14.7. The molecule has 0 aliphatic carbocycles. The van der Waals surface area contributed by atoms with Crippen molar-refractivity contribution in [3.8, 4) is 17.2 Å². The largest absolute Gasteiger partial charge is 0.494 e. The smallest absolute Gasteiger partial charge is 0.228 e. The van der Waals surface area contributed by atoms with Crippen LogP contribution in [0.15, 0.2) is 52.9 Å². The number of amides is 1. The van der Waals surface area contributed by atoms with Gasteiger partial charge in [0.15, 0.2) is 11.6 Å². The summed E-state index contributed by atoms with van der Waals surface area (Å²) < 4.78 is 24.7. The Morgan fingerprint density at radius 2 is 1.87 bits per heavy atom. The fourth-order valence-corrected chi connectivity index (χ4v) is 3.77. The molecule has 2 heterocycles. The molecule has 1 saturated heterocycles. The topological polar surface area (TPSA) is 58.8 Å². The third-order valence-electron chi connectivity index (χ3n) is 5.58. The number of hydrogen-bond acceptors (Lipinski definition) is 5. The van der Waals surface area contributed by atoms with Crippen LogP contribution in [0.5, 0.6) is 5.75 Å². The van der Waals surface area contributed by atoms with E-state index in [9.17, 15) is 9.18 Å². The van der Waals surface area contributed by atoms with E-state index in [1.54, 1.807) is 6.07 Å². The molecule has 0 spiro atoms. The summed E-state index contributed by atoms with van der Waals surface area (Å²) in [7, 11) is 1.46. The molecule has 0 saturated carbocycles. The molecular formula is C24H26FN3O3. The molecule has 1 aliphatic rings. The maximum atomic E-state index is 13.9. The van der Waals surface area contributed by atoms with Crippen LogP contribution in [0.1, 0.15) is 17.0 Å². The van der Waals surface area contributed by atoms with Crippen LogP contribution in [0.4, 0.5) is 4.39 Å². The lowest BCUT2D eigenvalue weighted by atomic mass is 10.1. The molecule has 1 aliphatic heterocycles. The van der Waals surface area contributed by atoms with Gasteiger partial charge in [0.2, 0.25) is 11.8 Å². The maximum absolute atomic E-state index is 13.9. The number of carbonyl (C=O) groups excluding carboxylic acids is 1. The van der Waals surface area contributed by atoms with Crippen molar-refractivity contribution in [2.24, 2.45) is 0 Å². The molecule has 0 bridgehead atoms. The molecule has 6 nitrogen and oxygen atoms in total. The minimum absolute atomic E-state index is 0.0474. The summed E-state index contributed by atoms with van der Waals surface area (Å²) in [6.45, 7) is 5.25. The third kappa shape index (κ3) is 4.94. The average molecular weight is 423 g/mol. The van der Waals surface area contributed by atoms with Crippen molar-refractivity contribution in [3.63, 3.8) is 0 Å². The Kier molecular flexibility index (Phi) is 6.32. The average Bonchev–Trinajstić information content (AvgIpc) is 3.15. The quantitative estimate of drug-likeness (QED) is 0.605. The van der Waals surface area contributed by atoms with Gasteiger partial charge in [0.25, 0.3) is 0 Å². The minimum Gasteiger partial charge on any atom is -0.494 e. The second-order valence-corrected chi connectivity index (χ2v) is 7.69. The van der Waals surface area contributed by atoms with Gasteiger partial charge in [-0.05, 0) is 36.8 Å². The number of oxazole rings is 1. The molecule has 1 amide bonds. The maximum Gasteiger partial charge on any atom is 0.228 e. The first-order valence-corrected chi connectivity index (χ1v) is 10.4. The van der Waals surface area contributed by atoms with Crippen molar-refractivity contribution in [3.05, 3.63) is 71.4 Å². The monoisotopic (exact) mass is 423 g/mol. The van der Waals surface area contributed by atoms with Gasteiger partial charge in [-0.15, -0.1) is 0 Å². The summed E-state index contributed by atoms with van der Waals surface area (Å²) in [5.41, 5.74) is 2.47. The fourth-order valence-electron chi connectivity index (χ4n) is 3.77. The second kappa shape index (κ2) is 9.31. The van der Waals surface area contributed by atoms with E-state index in [2.05, 4.69) is 9.88 Å². The summed E-state index contributed by atoms with van der Waals surface area (Å²) in [5, 5.41) is 0. The van der Waals surface area contributed by atoms with E-state index in [0.717, 1.165) is 24.2 Å². The van der Waals surface area contributed by atoms with Gasteiger partial charge in [-0.3, -0.25) is 9.69 Å². The highest BCUT2D eigenvalue weighted by atomic mass is 19.1. The zero-order valence-corrected chi connectivity index (χ0v) is 17.8. The van der Waals surface area contributed by atoms with Crippen LogP contribution in [-0.2, 0) is 17.8 Å². The Labute approximate surface area is 181 Å². The number of aromatic nitrogens is 1. The first-order valence-electron chi connectivity index (χ1n) is 10.4. The van der Waals surface area contributed by atoms with Crippen LogP contribution in [0.25, 0.3) is 11.5 Å². The number of methoxy groups -OCH3 is 1. The molecular weight excluding hydrogens is 397 g/mol. The molecule has 0 unspecified atom stereocenters. The Hall–Kier alpha value is -3.19. The zero-order chi connectivity index (χ0) is 21.8. The van der Waals surface area contributed by atoms with E-state index in [1.807, 2.05) is 48.2 Å². The summed E-state index contributed by atoms with van der Waals surface area (Å²) >= 11 is 0. The van der Waals surface area contributed by atoms with Crippen LogP contribution in [0.3, 0.4) is 0 Å². The molecule has 162 valence electrons. The lowest BCUT2D eigenvalue weighted by molar-refractivity contribution is -0.132. The zero-order valence-electron chi connectivity index (χ0n) is 17.8. The van der Waals surface area contributed by atoms with Crippen molar-refractivity contribution in [2.45, 2.75) is 19.9 Å². The van der Waals surface area contributed by atoms with E-state index in [4.69, 9.17) is 9.15 Å². The van der Waals surface area contributed by atoms with E-state index in [1.165, 1.54) is 13.2 Å². The van der Waals surface area contributed by atoms with Gasteiger partial charge in [0.1, 0.15) is 5.76 Å². The van der Waals surface area contributed by atoms with Crippen LogP contribution in [-0.4, -0.2) is 54.0 Å². The highest BCUT2D eigenvalue weighted by Crippen LogP contribution is 2.22. The van der Waals surface area contributed by atoms with Crippen LogP contribution in [0, 0.1) is 12.7 Å². The molecule has 0 N–H and O–H groups in total. The van der Waals surface area contributed by atoms with Crippen LogP contribution >= 0.6 is 0 Å². The number of aryl methyl sites for hydroxylation is 1. The Morgan fingerprint density at radius 1 is 1.13 bits per heavy atom. The number of benzene rings is 2. The van der Waals surface area contributed by atoms with Gasteiger partial charge in [-0.1, -0.05) is 24.3 Å². The van der Waals surface area contributed by atoms with Gasteiger partial charge in [-0.25, -0.2) is 9.37 Å². The lowest BCUT2D eigenvalue weighted by Gasteiger charge is -2.34. The number of piperazine rings is 1. The van der Waals surface area contributed by atoms with Crippen LogP contribution in [0.2, 0.25) is 0 Å². The van der Waals surface area contributed by atoms with Gasteiger partial charge < -0.3 is 14.1 Å². The van der Waals surface area contributed by atoms with Gasteiger partial charge in [-0.2, -0.15) is 0 Å². The van der Waals surface area contributed by atoms with Crippen molar-refractivity contribution in [1.29, 1.82) is 0 Å². The van der Waals surface area contributed by atoms with Crippen molar-refractivity contribution < 1.29 is 18.3 Å². The van der Waals surface area contributed by atoms with E-state index in [-0.39, 0.29) is 23.9 Å². The normalized spacial score (nSPS) is 14.6. The number of hydrogen-bond donors (Lipinski definition) is 0. The molecule has 0 radical (unpaired) electrons. The predicted octanol–water partition coefficient (Wildman–Crippen LogP) is 3.68. The number of nitrogens with zero attached hydrogens (tertiary/aromatic N) is 3. The summed E-state index contributed by atoms with van der Waals surface area (Å²) in [6.07, 6.45) is 0.228. The number of halogens is 1. The fraction of sp³-hybridized carbons (Fsp3) is 0.333. The first kappa shape index (κ1) is 21.1. The Bertz CT molecular complexity index is 1040. The molecule has 31 heavy (non-hydrogen) atoms. The Morgan fingerprint density at radius 3 is 2.55 bits per heavy atom. The standard InChI is InChI=1S/C24H26FN3O3/c1-17-21(26-24(31-17)19-6-4-3-5-7-19)15-23(29)28-12-10-27(11-13-28)16-18-8-9-22(30-2)20(25)14-18/h3-9,14H,10-13,15-16H2,1-2H3. The first-order chi connectivity index (χ1) is 15.0. The highest BCUT2D eigenvalue weighted by Gasteiger charge is 2.23. The van der Waals surface area contributed by atoms with Crippen molar-refractivity contribution >= 4 is 5.91 Å². The van der Waals surface area contributed by atoms with Crippen molar-refractivity contribution in [1.82, 2.24) is 14.8 Å². The van der Waals surface area contributed by atoms with E-state index < -0.39 is 0 Å². The second-order valence-electron chi connectivity index (χ2n) is 7.69. The van der Waals surface area contributed by atoms with E-state index in [0.29, 0.717) is 37.0 Å².